The van der Waals surface area contributed by atoms with Gasteiger partial charge in [0.1, 0.15) is 11.8 Å². The smallest absolute Gasteiger partial charge is 0.111 e. The topological polar surface area (TPSA) is 77.0 Å². The quantitative estimate of drug-likeness (QED) is 0.679. The van der Waals surface area contributed by atoms with Crippen LogP contribution in [-0.4, -0.2) is 26.6 Å². The van der Waals surface area contributed by atoms with E-state index in [1.54, 1.807) is 10.9 Å². The summed E-state index contributed by atoms with van der Waals surface area (Å²) < 4.78 is 1.73. The first-order chi connectivity index (χ1) is 6.27. The molecule has 1 rings (SSSR count). The number of hydrogen-bond donors (Lipinski definition) is 2. The summed E-state index contributed by atoms with van der Waals surface area (Å²) in [6.45, 7) is 3.36. The van der Waals surface area contributed by atoms with Crippen LogP contribution in [0.4, 0.5) is 0 Å². The van der Waals surface area contributed by atoms with Crippen molar-refractivity contribution in [1.29, 1.82) is 0 Å². The summed E-state index contributed by atoms with van der Waals surface area (Å²) in [4.78, 5) is 0. The maximum absolute atomic E-state index is 9.51. The minimum absolute atomic E-state index is 0.460. The Bertz CT molecular complexity index is 248. The first kappa shape index (κ1) is 10.1. The molecule has 0 aromatic carbocycles. The van der Waals surface area contributed by atoms with Crippen LogP contribution in [0, 0.1) is 0 Å². The van der Waals surface area contributed by atoms with Crippen LogP contribution in [0.5, 0.6) is 0 Å². The lowest BCUT2D eigenvalue weighted by Crippen LogP contribution is -2.06. The van der Waals surface area contributed by atoms with Gasteiger partial charge >= 0.3 is 0 Å². The standard InChI is InChI=1S/C8H16N4O/c1-2-5-12-6-7(10-11-12)8(13)3-4-9/h6,8,13H,2-5,9H2,1H3. The Labute approximate surface area is 77.6 Å². The molecule has 1 atom stereocenters. The molecule has 1 aromatic heterocycles. The summed E-state index contributed by atoms with van der Waals surface area (Å²) in [7, 11) is 0. The summed E-state index contributed by atoms with van der Waals surface area (Å²) >= 11 is 0. The predicted octanol–water partition coefficient (Wildman–Crippen LogP) is 0.0703. The van der Waals surface area contributed by atoms with Gasteiger partial charge in [0.05, 0.1) is 6.20 Å². The fourth-order valence-corrected chi connectivity index (χ4v) is 1.11. The van der Waals surface area contributed by atoms with E-state index in [1.807, 2.05) is 0 Å². The molecule has 0 aliphatic rings. The first-order valence-electron chi connectivity index (χ1n) is 4.56. The lowest BCUT2D eigenvalue weighted by molar-refractivity contribution is 0.165. The van der Waals surface area contributed by atoms with Crippen molar-refractivity contribution in [1.82, 2.24) is 15.0 Å². The van der Waals surface area contributed by atoms with Gasteiger partial charge in [0, 0.05) is 6.54 Å². The van der Waals surface area contributed by atoms with Gasteiger partial charge < -0.3 is 10.8 Å². The molecule has 0 aliphatic heterocycles. The largest absolute Gasteiger partial charge is 0.387 e. The van der Waals surface area contributed by atoms with E-state index in [2.05, 4.69) is 17.2 Å². The maximum atomic E-state index is 9.51. The molecule has 0 aliphatic carbocycles. The molecule has 0 bridgehead atoms. The molecule has 0 amide bonds. The normalized spacial score (nSPS) is 13.2. The van der Waals surface area contributed by atoms with E-state index in [9.17, 15) is 5.11 Å². The zero-order valence-corrected chi connectivity index (χ0v) is 7.85. The number of nitrogens with zero attached hydrogens (tertiary/aromatic N) is 3. The number of rotatable bonds is 5. The third kappa shape index (κ3) is 2.78. The molecule has 1 heterocycles. The molecular formula is C8H16N4O. The molecule has 3 N–H and O–H groups in total. The van der Waals surface area contributed by atoms with Gasteiger partial charge in [-0.15, -0.1) is 5.10 Å². The highest BCUT2D eigenvalue weighted by molar-refractivity contribution is 4.97. The molecule has 0 spiro atoms. The molecular weight excluding hydrogens is 168 g/mol. The lowest BCUT2D eigenvalue weighted by atomic mass is 10.2. The van der Waals surface area contributed by atoms with E-state index in [1.165, 1.54) is 0 Å². The zero-order chi connectivity index (χ0) is 9.68. The van der Waals surface area contributed by atoms with Crippen LogP contribution < -0.4 is 5.73 Å². The van der Waals surface area contributed by atoms with E-state index < -0.39 is 6.10 Å². The van der Waals surface area contributed by atoms with Crippen LogP contribution >= 0.6 is 0 Å². The minimum Gasteiger partial charge on any atom is -0.387 e. The van der Waals surface area contributed by atoms with E-state index in [-0.39, 0.29) is 0 Å². The molecule has 0 saturated carbocycles. The molecule has 74 valence electrons. The molecule has 1 unspecified atom stereocenters. The van der Waals surface area contributed by atoms with Crippen molar-refractivity contribution in [2.75, 3.05) is 6.54 Å². The number of nitrogens with two attached hydrogens (primary N) is 1. The Hall–Kier alpha value is -0.940. The van der Waals surface area contributed by atoms with Crippen LogP contribution in [0.1, 0.15) is 31.6 Å². The fraction of sp³-hybridized carbons (Fsp3) is 0.750. The Balaban J connectivity index is 2.56. The number of aliphatic hydroxyl groups is 1. The van der Waals surface area contributed by atoms with Crippen LogP contribution in [0.2, 0.25) is 0 Å². The van der Waals surface area contributed by atoms with E-state index in [0.717, 1.165) is 13.0 Å². The SMILES string of the molecule is CCCn1cc(C(O)CCN)nn1. The molecule has 0 saturated heterocycles. The van der Waals surface area contributed by atoms with E-state index in [0.29, 0.717) is 18.7 Å². The molecule has 5 nitrogen and oxygen atoms in total. The van der Waals surface area contributed by atoms with Crippen LogP contribution in [-0.2, 0) is 6.54 Å². The Morgan fingerprint density at radius 1 is 1.69 bits per heavy atom. The summed E-state index contributed by atoms with van der Waals surface area (Å²) in [6, 6.07) is 0. The Kier molecular flexibility index (Phi) is 3.85. The van der Waals surface area contributed by atoms with Crippen LogP contribution in [0.3, 0.4) is 0 Å². The third-order valence-corrected chi connectivity index (χ3v) is 1.79. The van der Waals surface area contributed by atoms with Crippen LogP contribution in [0.25, 0.3) is 0 Å². The second kappa shape index (κ2) is 4.94. The van der Waals surface area contributed by atoms with Gasteiger partial charge in [-0.2, -0.15) is 0 Å². The molecule has 13 heavy (non-hydrogen) atoms. The first-order valence-corrected chi connectivity index (χ1v) is 4.56. The minimum atomic E-state index is -0.574. The zero-order valence-electron chi connectivity index (χ0n) is 7.85. The van der Waals surface area contributed by atoms with Gasteiger partial charge in [0.2, 0.25) is 0 Å². The highest BCUT2D eigenvalue weighted by atomic mass is 16.3. The number of aromatic nitrogens is 3. The van der Waals surface area contributed by atoms with Crippen molar-refractivity contribution in [3.8, 4) is 0 Å². The molecule has 1 aromatic rings. The second-order valence-corrected chi connectivity index (χ2v) is 3.00. The van der Waals surface area contributed by atoms with Crippen molar-refractivity contribution in [3.05, 3.63) is 11.9 Å². The van der Waals surface area contributed by atoms with E-state index in [4.69, 9.17) is 5.73 Å². The predicted molar refractivity (Wildman–Crippen MR) is 48.9 cm³/mol. The number of aliphatic hydroxyl groups excluding tert-OH is 1. The molecule has 0 radical (unpaired) electrons. The van der Waals surface area contributed by atoms with E-state index >= 15 is 0 Å². The molecule has 5 heteroatoms. The lowest BCUT2D eigenvalue weighted by Gasteiger charge is -2.02. The fourth-order valence-electron chi connectivity index (χ4n) is 1.11. The van der Waals surface area contributed by atoms with Gasteiger partial charge in [-0.25, -0.2) is 0 Å². The third-order valence-electron chi connectivity index (χ3n) is 1.79. The maximum Gasteiger partial charge on any atom is 0.111 e. The van der Waals surface area contributed by atoms with Crippen molar-refractivity contribution in [2.45, 2.75) is 32.4 Å². The summed E-state index contributed by atoms with van der Waals surface area (Å²) in [6.07, 6.45) is 2.74. The second-order valence-electron chi connectivity index (χ2n) is 3.00. The van der Waals surface area contributed by atoms with Gasteiger partial charge in [0.25, 0.3) is 0 Å². The van der Waals surface area contributed by atoms with Crippen molar-refractivity contribution >= 4 is 0 Å². The molecule has 0 fully saturated rings. The van der Waals surface area contributed by atoms with Gasteiger partial charge in [-0.3, -0.25) is 4.68 Å². The number of hydrogen-bond acceptors (Lipinski definition) is 4. The highest BCUT2D eigenvalue weighted by Crippen LogP contribution is 2.11. The van der Waals surface area contributed by atoms with Gasteiger partial charge in [-0.1, -0.05) is 12.1 Å². The van der Waals surface area contributed by atoms with Crippen molar-refractivity contribution in [3.63, 3.8) is 0 Å². The summed E-state index contributed by atoms with van der Waals surface area (Å²) in [5, 5.41) is 17.2. The van der Waals surface area contributed by atoms with Crippen molar-refractivity contribution in [2.24, 2.45) is 5.73 Å². The monoisotopic (exact) mass is 184 g/mol. The summed E-state index contributed by atoms with van der Waals surface area (Å²) in [5.41, 5.74) is 5.93. The highest BCUT2D eigenvalue weighted by Gasteiger charge is 2.10. The average molecular weight is 184 g/mol. The van der Waals surface area contributed by atoms with Crippen molar-refractivity contribution < 1.29 is 5.11 Å². The Morgan fingerprint density at radius 2 is 2.46 bits per heavy atom. The number of aryl methyl sites for hydroxylation is 1. The van der Waals surface area contributed by atoms with Crippen LogP contribution in [0.15, 0.2) is 6.20 Å². The van der Waals surface area contributed by atoms with Gasteiger partial charge in [0.15, 0.2) is 0 Å². The average Bonchev–Trinajstić information content (AvgIpc) is 2.54. The van der Waals surface area contributed by atoms with Gasteiger partial charge in [-0.05, 0) is 19.4 Å². The Morgan fingerprint density at radius 3 is 3.08 bits per heavy atom. The summed E-state index contributed by atoms with van der Waals surface area (Å²) in [5.74, 6) is 0.